The first kappa shape index (κ1) is 20.4. The highest BCUT2D eigenvalue weighted by Crippen LogP contribution is 2.31. The molecule has 0 aliphatic rings. The molecular weight excluding hydrogens is 444 g/mol. The number of benzene rings is 5. The van der Waals surface area contributed by atoms with Gasteiger partial charge in [0.1, 0.15) is 11.4 Å². The Labute approximate surface area is 206 Å². The van der Waals surface area contributed by atoms with Gasteiger partial charge >= 0.3 is 5.63 Å². The van der Waals surface area contributed by atoms with Crippen molar-refractivity contribution in [2.24, 2.45) is 0 Å². The lowest BCUT2D eigenvalue weighted by molar-refractivity contribution is 0.569. The van der Waals surface area contributed by atoms with Crippen molar-refractivity contribution in [2.75, 3.05) is 0 Å². The van der Waals surface area contributed by atoms with Gasteiger partial charge in [-0.25, -0.2) is 9.78 Å². The summed E-state index contributed by atoms with van der Waals surface area (Å²) in [4.78, 5) is 17.6. The van der Waals surface area contributed by atoms with E-state index in [2.05, 4.69) is 53.1 Å². The lowest BCUT2D eigenvalue weighted by atomic mass is 10.00. The fourth-order valence-electron chi connectivity index (χ4n) is 4.93. The van der Waals surface area contributed by atoms with E-state index in [0.717, 1.165) is 50.0 Å². The first-order valence-electron chi connectivity index (χ1n) is 11.9. The molecule has 0 aliphatic heterocycles. The molecule has 0 N–H and O–H groups in total. The smallest absolute Gasteiger partial charge is 0.344 e. The zero-order chi connectivity index (χ0) is 24.1. The molecule has 0 unspecified atom stereocenters. The minimum absolute atomic E-state index is 0.320. The molecule has 0 bridgehead atoms. The van der Waals surface area contributed by atoms with Crippen molar-refractivity contribution >= 4 is 32.8 Å². The summed E-state index contributed by atoms with van der Waals surface area (Å²) in [5.74, 6) is 0.903. The number of hydrogen-bond acceptors (Lipinski definition) is 3. The molecule has 7 rings (SSSR count). The molecule has 4 heteroatoms. The summed E-state index contributed by atoms with van der Waals surface area (Å²) in [7, 11) is 0. The Hall–Kier alpha value is -4.96. The summed E-state index contributed by atoms with van der Waals surface area (Å²) in [6.07, 6.45) is 0. The van der Waals surface area contributed by atoms with Gasteiger partial charge in [-0.15, -0.1) is 0 Å². The predicted molar refractivity (Wildman–Crippen MR) is 145 cm³/mol. The average Bonchev–Trinajstić information content (AvgIpc) is 3.33. The molecule has 36 heavy (non-hydrogen) atoms. The molecule has 0 aliphatic carbocycles. The van der Waals surface area contributed by atoms with Crippen molar-refractivity contribution in [2.45, 2.75) is 0 Å². The van der Waals surface area contributed by atoms with E-state index in [9.17, 15) is 4.79 Å². The van der Waals surface area contributed by atoms with Gasteiger partial charge in [-0.2, -0.15) is 0 Å². The summed E-state index contributed by atoms with van der Waals surface area (Å²) in [5, 5.41) is 2.43. The minimum atomic E-state index is -0.320. The van der Waals surface area contributed by atoms with Gasteiger partial charge in [0.25, 0.3) is 0 Å². The van der Waals surface area contributed by atoms with E-state index in [1.165, 1.54) is 0 Å². The maximum Gasteiger partial charge on any atom is 0.344 e. The van der Waals surface area contributed by atoms with Crippen LogP contribution in [0.3, 0.4) is 0 Å². The summed E-state index contributed by atoms with van der Waals surface area (Å²) in [6.45, 7) is 0. The second-order valence-corrected chi connectivity index (χ2v) is 8.82. The molecule has 2 heterocycles. The van der Waals surface area contributed by atoms with E-state index in [-0.39, 0.29) is 5.63 Å². The van der Waals surface area contributed by atoms with Crippen LogP contribution < -0.4 is 5.63 Å². The summed E-state index contributed by atoms with van der Waals surface area (Å²) < 4.78 is 7.75. The second-order valence-electron chi connectivity index (χ2n) is 8.82. The van der Waals surface area contributed by atoms with Crippen molar-refractivity contribution in [3.05, 3.63) is 132 Å². The first-order valence-corrected chi connectivity index (χ1v) is 11.9. The third-order valence-corrected chi connectivity index (χ3v) is 6.67. The van der Waals surface area contributed by atoms with Crippen LogP contribution in [0.5, 0.6) is 0 Å². The Morgan fingerprint density at radius 2 is 1.31 bits per heavy atom. The highest BCUT2D eigenvalue weighted by molar-refractivity contribution is 6.05. The van der Waals surface area contributed by atoms with Crippen molar-refractivity contribution in [1.29, 1.82) is 0 Å². The average molecular weight is 465 g/mol. The van der Waals surface area contributed by atoms with Crippen molar-refractivity contribution in [1.82, 2.24) is 9.55 Å². The number of fused-ring (bicyclic) bond motifs is 4. The molecule has 170 valence electrons. The maximum absolute atomic E-state index is 12.7. The molecule has 0 atom stereocenters. The van der Waals surface area contributed by atoms with E-state index in [4.69, 9.17) is 9.40 Å². The van der Waals surface area contributed by atoms with Crippen LogP contribution in [0.1, 0.15) is 0 Å². The van der Waals surface area contributed by atoms with E-state index < -0.39 is 0 Å². The van der Waals surface area contributed by atoms with E-state index in [1.54, 1.807) is 0 Å². The Morgan fingerprint density at radius 3 is 2.17 bits per heavy atom. The number of para-hydroxylation sites is 3. The fourth-order valence-corrected chi connectivity index (χ4v) is 4.93. The normalized spacial score (nSPS) is 11.4. The Morgan fingerprint density at radius 1 is 0.583 bits per heavy atom. The van der Waals surface area contributed by atoms with Gasteiger partial charge < -0.3 is 4.42 Å². The highest BCUT2D eigenvalue weighted by Gasteiger charge is 2.14. The van der Waals surface area contributed by atoms with Crippen molar-refractivity contribution < 1.29 is 4.42 Å². The van der Waals surface area contributed by atoms with Crippen LogP contribution in [-0.4, -0.2) is 9.55 Å². The van der Waals surface area contributed by atoms with Gasteiger partial charge in [-0.05, 0) is 52.9 Å². The second kappa shape index (κ2) is 8.07. The molecule has 0 amide bonds. The third-order valence-electron chi connectivity index (χ3n) is 6.67. The van der Waals surface area contributed by atoms with Gasteiger partial charge in [-0.1, -0.05) is 84.9 Å². The van der Waals surface area contributed by atoms with E-state index >= 15 is 0 Å². The molecular formula is C32H20N2O2. The summed E-state index contributed by atoms with van der Waals surface area (Å²) in [5.41, 5.74) is 6.37. The van der Waals surface area contributed by atoms with Crippen LogP contribution in [0.2, 0.25) is 0 Å². The van der Waals surface area contributed by atoms with Crippen molar-refractivity contribution in [3.63, 3.8) is 0 Å². The van der Waals surface area contributed by atoms with Gasteiger partial charge in [0.15, 0.2) is 0 Å². The van der Waals surface area contributed by atoms with Crippen LogP contribution in [0.4, 0.5) is 0 Å². The molecule has 0 saturated heterocycles. The van der Waals surface area contributed by atoms with Gasteiger partial charge in [-0.3, -0.25) is 4.57 Å². The van der Waals surface area contributed by atoms with Crippen LogP contribution >= 0.6 is 0 Å². The summed E-state index contributed by atoms with van der Waals surface area (Å²) >= 11 is 0. The maximum atomic E-state index is 12.7. The SMILES string of the molecule is O=c1oc2ccccc2c2ccc(-c3ccc(-n4c(-c5ccccc5)nc5ccccc54)cc3)cc12. The zero-order valence-corrected chi connectivity index (χ0v) is 19.3. The molecule has 5 aromatic carbocycles. The molecule has 2 aromatic heterocycles. The number of aromatic nitrogens is 2. The lowest BCUT2D eigenvalue weighted by Crippen LogP contribution is -2.00. The molecule has 0 saturated carbocycles. The predicted octanol–water partition coefficient (Wildman–Crippen LogP) is 7.62. The Bertz CT molecular complexity index is 1950. The topological polar surface area (TPSA) is 48.0 Å². The Balaban J connectivity index is 1.35. The van der Waals surface area contributed by atoms with Crippen LogP contribution in [0.25, 0.3) is 61.0 Å². The Kier molecular flexibility index (Phi) is 4.57. The fraction of sp³-hybridized carbons (Fsp3) is 0. The highest BCUT2D eigenvalue weighted by atomic mass is 16.4. The van der Waals surface area contributed by atoms with Gasteiger partial charge in [0.05, 0.1) is 16.4 Å². The third kappa shape index (κ3) is 3.23. The van der Waals surface area contributed by atoms with Crippen molar-refractivity contribution in [3.8, 4) is 28.2 Å². The number of hydrogen-bond donors (Lipinski definition) is 0. The number of nitrogens with zero attached hydrogens (tertiary/aromatic N) is 2. The molecule has 7 aromatic rings. The standard InChI is InChI=1S/C32H20N2O2/c35-32-27-20-23(16-19-25(27)26-10-4-7-13-30(26)36-32)21-14-17-24(18-15-21)34-29-12-6-5-11-28(29)33-31(34)22-8-2-1-3-9-22/h1-20H. The monoisotopic (exact) mass is 464 g/mol. The number of imidazole rings is 1. The zero-order valence-electron chi connectivity index (χ0n) is 19.3. The molecule has 0 fully saturated rings. The lowest BCUT2D eigenvalue weighted by Gasteiger charge is -2.11. The molecule has 4 nitrogen and oxygen atoms in total. The van der Waals surface area contributed by atoms with E-state index in [1.807, 2.05) is 72.8 Å². The quantitative estimate of drug-likeness (QED) is 0.200. The molecule has 0 radical (unpaired) electrons. The number of rotatable bonds is 3. The first-order chi connectivity index (χ1) is 17.8. The molecule has 0 spiro atoms. The van der Waals surface area contributed by atoms with E-state index in [0.29, 0.717) is 11.0 Å². The summed E-state index contributed by atoms with van der Waals surface area (Å²) in [6, 6.07) is 40.4. The van der Waals surface area contributed by atoms with Crippen LogP contribution in [0, 0.1) is 0 Å². The van der Waals surface area contributed by atoms with Crippen LogP contribution in [0.15, 0.2) is 131 Å². The largest absolute Gasteiger partial charge is 0.422 e. The minimum Gasteiger partial charge on any atom is -0.422 e. The van der Waals surface area contributed by atoms with Crippen LogP contribution in [-0.2, 0) is 0 Å². The van der Waals surface area contributed by atoms with Gasteiger partial charge in [0, 0.05) is 16.6 Å². The van der Waals surface area contributed by atoms with Gasteiger partial charge in [0.2, 0.25) is 0 Å².